The van der Waals surface area contributed by atoms with Crippen LogP contribution in [0.25, 0.3) is 0 Å². The fourth-order valence-electron chi connectivity index (χ4n) is 2.14. The highest BCUT2D eigenvalue weighted by molar-refractivity contribution is 5.88. The molecule has 0 aromatic heterocycles. The summed E-state index contributed by atoms with van der Waals surface area (Å²) in [5.74, 6) is -1.49. The number of aliphatic carboxylic acids is 1. The number of carboxylic acids is 1. The van der Waals surface area contributed by atoms with Crippen LogP contribution in [0.15, 0.2) is 0 Å². The second-order valence-corrected chi connectivity index (χ2v) is 6.10. The summed E-state index contributed by atoms with van der Waals surface area (Å²) in [6.45, 7) is 6.14. The van der Waals surface area contributed by atoms with Crippen LogP contribution < -0.4 is 5.32 Å². The Morgan fingerprint density at radius 3 is 2.47 bits per heavy atom. The van der Waals surface area contributed by atoms with E-state index in [1.165, 1.54) is 4.90 Å². The Bertz CT molecular complexity index is 373. The van der Waals surface area contributed by atoms with E-state index in [1.54, 1.807) is 0 Å². The maximum atomic E-state index is 11.9. The van der Waals surface area contributed by atoms with Gasteiger partial charge >= 0.3 is 5.97 Å². The number of amides is 2. The first-order valence-corrected chi connectivity index (χ1v) is 6.50. The van der Waals surface area contributed by atoms with Crippen molar-refractivity contribution in [1.82, 2.24) is 10.2 Å². The van der Waals surface area contributed by atoms with E-state index in [-0.39, 0.29) is 23.8 Å². The van der Waals surface area contributed by atoms with Gasteiger partial charge in [0.15, 0.2) is 0 Å². The molecular formula is C13H22N2O4. The van der Waals surface area contributed by atoms with E-state index in [0.29, 0.717) is 25.8 Å². The lowest BCUT2D eigenvalue weighted by atomic mass is 9.92. The normalized spacial score (nSPS) is 19.3. The van der Waals surface area contributed by atoms with Crippen molar-refractivity contribution in [3.8, 4) is 0 Å². The van der Waals surface area contributed by atoms with Gasteiger partial charge in [0.05, 0.1) is 6.54 Å². The molecule has 0 aliphatic carbocycles. The lowest BCUT2D eigenvalue weighted by molar-refractivity contribution is -0.148. The first-order valence-electron chi connectivity index (χ1n) is 6.50. The highest BCUT2D eigenvalue weighted by atomic mass is 16.4. The largest absolute Gasteiger partial charge is 0.480 e. The third-order valence-corrected chi connectivity index (χ3v) is 2.99. The number of nitrogens with zero attached hydrogens (tertiary/aromatic N) is 1. The van der Waals surface area contributed by atoms with Gasteiger partial charge in [-0.3, -0.25) is 9.59 Å². The summed E-state index contributed by atoms with van der Waals surface area (Å²) in [6, 6.07) is -0.744. The van der Waals surface area contributed by atoms with Gasteiger partial charge in [-0.2, -0.15) is 0 Å². The summed E-state index contributed by atoms with van der Waals surface area (Å²) >= 11 is 0. The van der Waals surface area contributed by atoms with Crippen molar-refractivity contribution >= 4 is 17.8 Å². The monoisotopic (exact) mass is 270 g/mol. The Labute approximate surface area is 113 Å². The van der Waals surface area contributed by atoms with Crippen LogP contribution >= 0.6 is 0 Å². The number of nitrogens with one attached hydrogen (secondary N) is 1. The predicted molar refractivity (Wildman–Crippen MR) is 69.5 cm³/mol. The smallest absolute Gasteiger partial charge is 0.326 e. The zero-order valence-electron chi connectivity index (χ0n) is 11.7. The van der Waals surface area contributed by atoms with Gasteiger partial charge in [0, 0.05) is 13.0 Å². The number of carboxylic acid groups (broad SMARTS) is 1. The zero-order valence-corrected chi connectivity index (χ0v) is 11.7. The van der Waals surface area contributed by atoms with Crippen molar-refractivity contribution in [2.45, 2.75) is 46.1 Å². The van der Waals surface area contributed by atoms with Crippen LogP contribution in [-0.4, -0.2) is 46.9 Å². The van der Waals surface area contributed by atoms with E-state index >= 15 is 0 Å². The zero-order chi connectivity index (χ0) is 14.6. The Hall–Kier alpha value is -1.59. The summed E-state index contributed by atoms with van der Waals surface area (Å²) < 4.78 is 0. The fourth-order valence-corrected chi connectivity index (χ4v) is 2.14. The molecule has 0 spiro atoms. The molecule has 6 heteroatoms. The molecule has 1 aliphatic heterocycles. The van der Waals surface area contributed by atoms with Crippen molar-refractivity contribution in [2.24, 2.45) is 5.41 Å². The highest BCUT2D eigenvalue weighted by Crippen LogP contribution is 2.18. The first-order chi connectivity index (χ1) is 8.70. The molecule has 1 fully saturated rings. The second kappa shape index (κ2) is 6.04. The van der Waals surface area contributed by atoms with Crippen LogP contribution in [0.3, 0.4) is 0 Å². The molecule has 2 amide bonds. The van der Waals surface area contributed by atoms with Gasteiger partial charge in [-0.25, -0.2) is 4.79 Å². The van der Waals surface area contributed by atoms with Crippen LogP contribution in [0, 0.1) is 5.41 Å². The molecule has 0 saturated carbocycles. The molecular weight excluding hydrogens is 248 g/mol. The number of carbonyl (C=O) groups excluding carboxylic acids is 2. The van der Waals surface area contributed by atoms with E-state index in [0.717, 1.165) is 0 Å². The summed E-state index contributed by atoms with van der Waals surface area (Å²) in [6.07, 6.45) is 1.51. The van der Waals surface area contributed by atoms with Gasteiger partial charge in [0.2, 0.25) is 11.8 Å². The molecule has 0 aromatic rings. The van der Waals surface area contributed by atoms with Crippen molar-refractivity contribution in [3.63, 3.8) is 0 Å². The molecule has 1 rings (SSSR count). The van der Waals surface area contributed by atoms with E-state index in [2.05, 4.69) is 5.32 Å². The molecule has 1 aliphatic rings. The van der Waals surface area contributed by atoms with E-state index in [9.17, 15) is 14.4 Å². The second-order valence-electron chi connectivity index (χ2n) is 6.10. The van der Waals surface area contributed by atoms with Crippen LogP contribution in [0.2, 0.25) is 0 Å². The Balaban J connectivity index is 2.43. The van der Waals surface area contributed by atoms with Gasteiger partial charge in [-0.15, -0.1) is 0 Å². The lowest BCUT2D eigenvalue weighted by Gasteiger charge is -2.22. The van der Waals surface area contributed by atoms with Crippen LogP contribution in [0.1, 0.15) is 40.0 Å². The van der Waals surface area contributed by atoms with Gasteiger partial charge in [-0.05, 0) is 18.3 Å². The van der Waals surface area contributed by atoms with E-state index in [1.807, 2.05) is 20.8 Å². The average Bonchev–Trinajstić information content (AvgIpc) is 2.72. The SMILES string of the molecule is CC(C)(C)CC(=O)NCC(=O)N1CCCC1C(=O)O. The molecule has 1 saturated heterocycles. The minimum atomic E-state index is -0.980. The summed E-state index contributed by atoms with van der Waals surface area (Å²) in [5.41, 5.74) is -0.135. The van der Waals surface area contributed by atoms with Gasteiger partial charge < -0.3 is 15.3 Å². The Kier molecular flexibility index (Phi) is 4.91. The maximum absolute atomic E-state index is 11.9. The van der Waals surface area contributed by atoms with Gasteiger partial charge in [0.25, 0.3) is 0 Å². The summed E-state index contributed by atoms with van der Waals surface area (Å²) in [4.78, 5) is 35.8. The number of hydrogen-bond acceptors (Lipinski definition) is 3. The fraction of sp³-hybridized carbons (Fsp3) is 0.769. The number of likely N-dealkylation sites (tertiary alicyclic amines) is 1. The van der Waals surface area contributed by atoms with Crippen molar-refractivity contribution in [2.75, 3.05) is 13.1 Å². The van der Waals surface area contributed by atoms with Gasteiger partial charge in [-0.1, -0.05) is 20.8 Å². The molecule has 0 radical (unpaired) electrons. The van der Waals surface area contributed by atoms with Crippen LogP contribution in [0.5, 0.6) is 0 Å². The molecule has 0 aromatic carbocycles. The molecule has 6 nitrogen and oxygen atoms in total. The maximum Gasteiger partial charge on any atom is 0.326 e. The average molecular weight is 270 g/mol. The minimum Gasteiger partial charge on any atom is -0.480 e. The third-order valence-electron chi connectivity index (χ3n) is 2.99. The molecule has 0 bridgehead atoms. The molecule has 2 N–H and O–H groups in total. The Morgan fingerprint density at radius 1 is 1.32 bits per heavy atom. The van der Waals surface area contributed by atoms with Crippen LogP contribution in [0.4, 0.5) is 0 Å². The standard InChI is InChI=1S/C13H22N2O4/c1-13(2,3)7-10(16)14-8-11(17)15-6-4-5-9(15)12(18)19/h9H,4-8H2,1-3H3,(H,14,16)(H,18,19). The molecule has 1 atom stereocenters. The van der Waals surface area contributed by atoms with E-state index < -0.39 is 12.0 Å². The van der Waals surface area contributed by atoms with Crippen molar-refractivity contribution < 1.29 is 19.5 Å². The summed E-state index contributed by atoms with van der Waals surface area (Å²) in [5, 5.41) is 11.5. The predicted octanol–water partition coefficient (Wildman–Crippen LogP) is 0.614. The Morgan fingerprint density at radius 2 is 1.95 bits per heavy atom. The van der Waals surface area contributed by atoms with Gasteiger partial charge in [0.1, 0.15) is 6.04 Å². The van der Waals surface area contributed by atoms with E-state index in [4.69, 9.17) is 5.11 Å². The molecule has 19 heavy (non-hydrogen) atoms. The number of carbonyl (C=O) groups is 3. The lowest BCUT2D eigenvalue weighted by Crippen LogP contribution is -2.45. The molecule has 1 heterocycles. The minimum absolute atomic E-state index is 0.126. The molecule has 1 unspecified atom stereocenters. The first kappa shape index (κ1) is 15.5. The quantitative estimate of drug-likeness (QED) is 0.783. The number of rotatable bonds is 4. The number of hydrogen-bond donors (Lipinski definition) is 2. The third kappa shape index (κ3) is 4.89. The highest BCUT2D eigenvalue weighted by Gasteiger charge is 2.33. The summed E-state index contributed by atoms with van der Waals surface area (Å²) in [7, 11) is 0. The van der Waals surface area contributed by atoms with Crippen molar-refractivity contribution in [1.29, 1.82) is 0 Å². The topological polar surface area (TPSA) is 86.7 Å². The molecule has 108 valence electrons. The van der Waals surface area contributed by atoms with Crippen molar-refractivity contribution in [3.05, 3.63) is 0 Å². The van der Waals surface area contributed by atoms with Crippen LogP contribution in [-0.2, 0) is 14.4 Å².